The van der Waals surface area contributed by atoms with Crippen LogP contribution in [-0.4, -0.2) is 31.1 Å². The highest BCUT2D eigenvalue weighted by atomic mass is 16.5. The maximum Gasteiger partial charge on any atom is 0.227 e. The van der Waals surface area contributed by atoms with Crippen LogP contribution in [0.3, 0.4) is 0 Å². The van der Waals surface area contributed by atoms with Gasteiger partial charge in [0.2, 0.25) is 11.8 Å². The van der Waals surface area contributed by atoms with Gasteiger partial charge in [-0.25, -0.2) is 0 Å². The van der Waals surface area contributed by atoms with Gasteiger partial charge in [-0.15, -0.1) is 0 Å². The summed E-state index contributed by atoms with van der Waals surface area (Å²) in [6, 6.07) is 7.64. The number of hydrogen-bond acceptors (Lipinski definition) is 3. The van der Waals surface area contributed by atoms with E-state index in [9.17, 15) is 9.59 Å². The molecule has 1 unspecified atom stereocenters. The summed E-state index contributed by atoms with van der Waals surface area (Å²) >= 11 is 0. The third-order valence-corrected chi connectivity index (χ3v) is 3.59. The van der Waals surface area contributed by atoms with E-state index in [4.69, 9.17) is 4.74 Å². The van der Waals surface area contributed by atoms with Crippen LogP contribution in [0.15, 0.2) is 24.3 Å². The third-order valence-electron chi connectivity index (χ3n) is 3.59. The maximum absolute atomic E-state index is 11.8. The van der Waals surface area contributed by atoms with Crippen molar-refractivity contribution in [3.63, 3.8) is 0 Å². The van der Waals surface area contributed by atoms with Crippen LogP contribution in [0.5, 0.6) is 0 Å². The zero-order chi connectivity index (χ0) is 15.2. The Labute approximate surface area is 125 Å². The molecule has 1 saturated heterocycles. The summed E-state index contributed by atoms with van der Waals surface area (Å²) in [7, 11) is 0. The van der Waals surface area contributed by atoms with Gasteiger partial charge in [0.25, 0.3) is 0 Å². The first-order valence-corrected chi connectivity index (χ1v) is 7.41. The molecule has 2 rings (SSSR count). The molecule has 0 aliphatic carbocycles. The molecule has 2 amide bonds. The van der Waals surface area contributed by atoms with E-state index >= 15 is 0 Å². The Morgan fingerprint density at radius 1 is 1.38 bits per heavy atom. The highest BCUT2D eigenvalue weighted by Crippen LogP contribution is 2.27. The van der Waals surface area contributed by atoms with Gasteiger partial charge in [-0.3, -0.25) is 9.59 Å². The van der Waals surface area contributed by atoms with Gasteiger partial charge in [0.1, 0.15) is 0 Å². The molecule has 5 heteroatoms. The summed E-state index contributed by atoms with van der Waals surface area (Å²) in [5.41, 5.74) is 1.62. The number of carbonyl (C=O) groups is 2. The quantitative estimate of drug-likeness (QED) is 0.819. The van der Waals surface area contributed by atoms with Crippen LogP contribution in [0.1, 0.15) is 33.1 Å². The summed E-state index contributed by atoms with van der Waals surface area (Å²) in [5, 5.41) is 2.82. The number of benzene rings is 1. The Morgan fingerprint density at radius 3 is 2.67 bits per heavy atom. The van der Waals surface area contributed by atoms with Crippen molar-refractivity contribution in [2.75, 3.05) is 23.4 Å². The molecule has 1 aliphatic heterocycles. The maximum atomic E-state index is 11.8. The van der Waals surface area contributed by atoms with Gasteiger partial charge in [-0.1, -0.05) is 0 Å². The Morgan fingerprint density at radius 2 is 2.10 bits per heavy atom. The molecule has 1 heterocycles. The van der Waals surface area contributed by atoms with Crippen molar-refractivity contribution < 1.29 is 14.3 Å². The number of amides is 2. The van der Waals surface area contributed by atoms with Crippen molar-refractivity contribution in [3.8, 4) is 0 Å². The molecule has 1 aliphatic rings. The number of ether oxygens (including phenoxy) is 1. The van der Waals surface area contributed by atoms with E-state index in [1.165, 1.54) is 0 Å². The lowest BCUT2D eigenvalue weighted by Gasteiger charge is -2.21. The molecule has 114 valence electrons. The minimum Gasteiger partial charge on any atom is -0.381 e. The van der Waals surface area contributed by atoms with Crippen LogP contribution in [0.25, 0.3) is 0 Å². The number of rotatable bonds is 6. The lowest BCUT2D eigenvalue weighted by molar-refractivity contribution is -0.118. The van der Waals surface area contributed by atoms with Gasteiger partial charge in [0.05, 0.1) is 13.0 Å². The van der Waals surface area contributed by atoms with Gasteiger partial charge in [-0.05, 0) is 44.5 Å². The van der Waals surface area contributed by atoms with Crippen molar-refractivity contribution in [1.29, 1.82) is 0 Å². The average Bonchev–Trinajstić information content (AvgIpc) is 2.80. The molecular formula is C16H22N2O3. The molecule has 5 nitrogen and oxygen atoms in total. The number of anilines is 2. The van der Waals surface area contributed by atoms with Crippen molar-refractivity contribution >= 4 is 23.2 Å². The van der Waals surface area contributed by atoms with Crippen LogP contribution >= 0.6 is 0 Å². The first kappa shape index (κ1) is 15.5. The molecular weight excluding hydrogens is 268 g/mol. The van der Waals surface area contributed by atoms with Gasteiger partial charge >= 0.3 is 0 Å². The SMILES string of the molecule is CCOCCC(=O)Nc1ccc(N2C(=O)CCC2C)cc1. The van der Waals surface area contributed by atoms with E-state index in [1.807, 2.05) is 43.0 Å². The second-order valence-electron chi connectivity index (χ2n) is 5.19. The van der Waals surface area contributed by atoms with Crippen molar-refractivity contribution in [3.05, 3.63) is 24.3 Å². The van der Waals surface area contributed by atoms with Gasteiger partial charge < -0.3 is 15.0 Å². The highest BCUT2D eigenvalue weighted by molar-refractivity contribution is 5.96. The molecule has 1 aromatic rings. The fourth-order valence-electron chi connectivity index (χ4n) is 2.46. The minimum atomic E-state index is -0.0678. The molecule has 0 bridgehead atoms. The Balaban J connectivity index is 1.93. The second-order valence-corrected chi connectivity index (χ2v) is 5.19. The van der Waals surface area contributed by atoms with Crippen molar-refractivity contribution in [2.45, 2.75) is 39.2 Å². The first-order chi connectivity index (χ1) is 10.1. The van der Waals surface area contributed by atoms with Crippen LogP contribution in [-0.2, 0) is 14.3 Å². The second kappa shape index (κ2) is 7.22. The van der Waals surface area contributed by atoms with Crippen LogP contribution in [0, 0.1) is 0 Å². The number of carbonyl (C=O) groups excluding carboxylic acids is 2. The van der Waals surface area contributed by atoms with E-state index < -0.39 is 0 Å². The summed E-state index contributed by atoms with van der Waals surface area (Å²) in [6.07, 6.45) is 1.85. The van der Waals surface area contributed by atoms with E-state index in [-0.39, 0.29) is 17.9 Å². The molecule has 21 heavy (non-hydrogen) atoms. The van der Waals surface area contributed by atoms with Crippen LogP contribution in [0.2, 0.25) is 0 Å². The summed E-state index contributed by atoms with van der Waals surface area (Å²) < 4.78 is 5.15. The molecule has 1 fully saturated rings. The molecule has 1 aromatic carbocycles. The smallest absolute Gasteiger partial charge is 0.227 e. The number of hydrogen-bond donors (Lipinski definition) is 1. The molecule has 0 spiro atoms. The largest absolute Gasteiger partial charge is 0.381 e. The Kier molecular flexibility index (Phi) is 5.33. The zero-order valence-corrected chi connectivity index (χ0v) is 12.6. The topological polar surface area (TPSA) is 58.6 Å². The van der Waals surface area contributed by atoms with E-state index in [2.05, 4.69) is 5.32 Å². The third kappa shape index (κ3) is 4.04. The van der Waals surface area contributed by atoms with Gasteiger partial charge in [0, 0.05) is 30.4 Å². The van der Waals surface area contributed by atoms with E-state index in [0.717, 1.165) is 17.8 Å². The van der Waals surface area contributed by atoms with Crippen molar-refractivity contribution in [1.82, 2.24) is 0 Å². The van der Waals surface area contributed by atoms with E-state index in [1.54, 1.807) is 0 Å². The summed E-state index contributed by atoms with van der Waals surface area (Å²) in [5.74, 6) is 0.0952. The fourth-order valence-corrected chi connectivity index (χ4v) is 2.46. The molecule has 0 saturated carbocycles. The highest BCUT2D eigenvalue weighted by Gasteiger charge is 2.28. The Hall–Kier alpha value is -1.88. The zero-order valence-electron chi connectivity index (χ0n) is 12.6. The molecule has 1 atom stereocenters. The predicted molar refractivity (Wildman–Crippen MR) is 82.4 cm³/mol. The molecule has 1 N–H and O–H groups in total. The molecule has 0 radical (unpaired) electrons. The lowest BCUT2D eigenvalue weighted by Crippen LogP contribution is -2.30. The van der Waals surface area contributed by atoms with Crippen LogP contribution in [0.4, 0.5) is 11.4 Å². The minimum absolute atomic E-state index is 0.0678. The lowest BCUT2D eigenvalue weighted by atomic mass is 10.2. The molecule has 0 aromatic heterocycles. The normalized spacial score (nSPS) is 18.1. The monoisotopic (exact) mass is 290 g/mol. The number of nitrogens with one attached hydrogen (secondary N) is 1. The van der Waals surface area contributed by atoms with Crippen molar-refractivity contribution in [2.24, 2.45) is 0 Å². The average molecular weight is 290 g/mol. The number of nitrogens with zero attached hydrogens (tertiary/aromatic N) is 1. The van der Waals surface area contributed by atoms with Gasteiger partial charge in [-0.2, -0.15) is 0 Å². The van der Waals surface area contributed by atoms with Crippen LogP contribution < -0.4 is 10.2 Å². The summed E-state index contributed by atoms with van der Waals surface area (Å²) in [4.78, 5) is 25.3. The van der Waals surface area contributed by atoms with E-state index in [0.29, 0.717) is 26.1 Å². The standard InChI is InChI=1S/C16H22N2O3/c1-3-21-11-10-15(19)17-13-5-7-14(8-6-13)18-12(2)4-9-16(18)20/h5-8,12H,3-4,9-11H2,1-2H3,(H,17,19). The summed E-state index contributed by atoms with van der Waals surface area (Å²) in [6.45, 7) is 5.00. The first-order valence-electron chi connectivity index (χ1n) is 7.41. The van der Waals surface area contributed by atoms with Gasteiger partial charge in [0.15, 0.2) is 0 Å². The Bertz CT molecular complexity index is 499. The predicted octanol–water partition coefficient (Wildman–Crippen LogP) is 2.57. The fraction of sp³-hybridized carbons (Fsp3) is 0.500.